The molecular formula is C16H21ClN2. The Morgan fingerprint density at radius 2 is 2.00 bits per heavy atom. The van der Waals surface area contributed by atoms with Crippen LogP contribution in [0.1, 0.15) is 25.3 Å². The van der Waals surface area contributed by atoms with Gasteiger partial charge in [0.15, 0.2) is 0 Å². The van der Waals surface area contributed by atoms with Crippen molar-refractivity contribution in [2.24, 2.45) is 5.92 Å². The number of halogens is 1. The number of allylic oxidation sites excluding steroid dienone is 1. The van der Waals surface area contributed by atoms with E-state index < -0.39 is 0 Å². The number of nitrogens with zero attached hydrogens (tertiary/aromatic N) is 2. The van der Waals surface area contributed by atoms with Gasteiger partial charge in [0, 0.05) is 24.7 Å². The minimum atomic E-state index is 0.552. The van der Waals surface area contributed by atoms with E-state index in [1.54, 1.807) is 0 Å². The fourth-order valence-electron chi connectivity index (χ4n) is 3.55. The van der Waals surface area contributed by atoms with E-state index in [4.69, 9.17) is 11.6 Å². The second kappa shape index (κ2) is 5.18. The van der Waals surface area contributed by atoms with Crippen LogP contribution in [0.2, 0.25) is 5.02 Å². The summed E-state index contributed by atoms with van der Waals surface area (Å²) in [6, 6.07) is 8.90. The summed E-state index contributed by atoms with van der Waals surface area (Å²) < 4.78 is 0. The average Bonchev–Trinajstić information content (AvgIpc) is 2.70. The zero-order chi connectivity index (χ0) is 13.4. The van der Waals surface area contributed by atoms with Gasteiger partial charge in [-0.15, -0.1) is 0 Å². The van der Waals surface area contributed by atoms with E-state index in [2.05, 4.69) is 48.2 Å². The number of fused-ring (bicyclic) bond motifs is 1. The standard InChI is InChI=1S/C16H21ClN2/c1-12-10-14-4-3-9-18(2)16(14)19(12)11-13-5-7-15(17)8-6-13/h3,5-9,12,14,16H,4,10-11H2,1-2H3. The first-order valence-corrected chi connectivity index (χ1v) is 7.42. The van der Waals surface area contributed by atoms with E-state index in [1.165, 1.54) is 18.4 Å². The second-order valence-corrected chi connectivity index (χ2v) is 6.28. The van der Waals surface area contributed by atoms with Crippen LogP contribution in [0.4, 0.5) is 0 Å². The van der Waals surface area contributed by atoms with Crippen LogP contribution in [0.25, 0.3) is 0 Å². The maximum atomic E-state index is 5.96. The third-order valence-electron chi connectivity index (χ3n) is 4.45. The van der Waals surface area contributed by atoms with Crippen molar-refractivity contribution in [3.63, 3.8) is 0 Å². The molecule has 0 aliphatic carbocycles. The number of rotatable bonds is 2. The molecule has 2 heterocycles. The van der Waals surface area contributed by atoms with Crippen LogP contribution in [0.15, 0.2) is 36.5 Å². The number of hydrogen-bond donors (Lipinski definition) is 0. The van der Waals surface area contributed by atoms with Crippen LogP contribution in [-0.4, -0.2) is 29.1 Å². The Hall–Kier alpha value is -0.990. The zero-order valence-corrected chi connectivity index (χ0v) is 12.3. The van der Waals surface area contributed by atoms with Gasteiger partial charge in [0.2, 0.25) is 0 Å². The Labute approximate surface area is 120 Å². The van der Waals surface area contributed by atoms with Crippen LogP contribution in [-0.2, 0) is 6.54 Å². The number of likely N-dealkylation sites (tertiary alicyclic amines) is 1. The molecule has 0 bridgehead atoms. The van der Waals surface area contributed by atoms with Gasteiger partial charge in [-0.3, -0.25) is 4.90 Å². The largest absolute Gasteiger partial charge is 0.365 e. The molecule has 2 nitrogen and oxygen atoms in total. The molecule has 1 fully saturated rings. The first kappa shape index (κ1) is 13.0. The lowest BCUT2D eigenvalue weighted by Crippen LogP contribution is -2.46. The van der Waals surface area contributed by atoms with Crippen molar-refractivity contribution in [2.45, 2.75) is 38.5 Å². The van der Waals surface area contributed by atoms with Crippen molar-refractivity contribution < 1.29 is 0 Å². The Bertz CT molecular complexity index is 468. The molecule has 0 N–H and O–H groups in total. The first-order valence-electron chi connectivity index (χ1n) is 7.04. The molecule has 0 amide bonds. The Morgan fingerprint density at radius 1 is 1.26 bits per heavy atom. The van der Waals surface area contributed by atoms with Crippen molar-refractivity contribution in [3.8, 4) is 0 Å². The van der Waals surface area contributed by atoms with Gasteiger partial charge in [-0.25, -0.2) is 0 Å². The molecule has 2 aliphatic heterocycles. The predicted octanol–water partition coefficient (Wildman–Crippen LogP) is 3.73. The highest BCUT2D eigenvalue weighted by molar-refractivity contribution is 6.30. The summed E-state index contributed by atoms with van der Waals surface area (Å²) in [4.78, 5) is 4.99. The molecule has 0 spiro atoms. The molecule has 1 aromatic carbocycles. The van der Waals surface area contributed by atoms with Gasteiger partial charge in [-0.2, -0.15) is 0 Å². The Balaban J connectivity index is 1.79. The molecule has 3 rings (SSSR count). The molecule has 3 atom stereocenters. The van der Waals surface area contributed by atoms with Crippen molar-refractivity contribution in [1.82, 2.24) is 9.80 Å². The van der Waals surface area contributed by atoms with Crippen LogP contribution in [0.3, 0.4) is 0 Å². The van der Waals surface area contributed by atoms with Crippen molar-refractivity contribution in [1.29, 1.82) is 0 Å². The summed E-state index contributed by atoms with van der Waals surface area (Å²) >= 11 is 5.96. The fraction of sp³-hybridized carbons (Fsp3) is 0.500. The normalized spacial score (nSPS) is 30.7. The predicted molar refractivity (Wildman–Crippen MR) is 79.9 cm³/mol. The van der Waals surface area contributed by atoms with E-state index >= 15 is 0 Å². The first-order chi connectivity index (χ1) is 9.15. The third kappa shape index (κ3) is 2.52. The summed E-state index contributed by atoms with van der Waals surface area (Å²) in [7, 11) is 2.19. The van der Waals surface area contributed by atoms with E-state index in [1.807, 2.05) is 12.1 Å². The van der Waals surface area contributed by atoms with Gasteiger partial charge >= 0.3 is 0 Å². The molecule has 0 saturated carbocycles. The zero-order valence-electron chi connectivity index (χ0n) is 11.6. The molecular weight excluding hydrogens is 256 g/mol. The molecule has 0 aromatic heterocycles. The van der Waals surface area contributed by atoms with Gasteiger partial charge in [0.1, 0.15) is 0 Å². The smallest absolute Gasteiger partial charge is 0.0849 e. The summed E-state index contributed by atoms with van der Waals surface area (Å²) in [6.07, 6.45) is 7.60. The summed E-state index contributed by atoms with van der Waals surface area (Å²) in [6.45, 7) is 3.36. The highest BCUT2D eigenvalue weighted by Gasteiger charge is 2.41. The van der Waals surface area contributed by atoms with Gasteiger partial charge in [-0.1, -0.05) is 29.8 Å². The monoisotopic (exact) mass is 276 g/mol. The van der Waals surface area contributed by atoms with E-state index in [0.717, 1.165) is 17.5 Å². The maximum absolute atomic E-state index is 5.96. The van der Waals surface area contributed by atoms with Crippen molar-refractivity contribution >= 4 is 11.6 Å². The summed E-state index contributed by atoms with van der Waals surface area (Å²) in [5, 5.41) is 0.814. The summed E-state index contributed by atoms with van der Waals surface area (Å²) in [5.41, 5.74) is 1.35. The maximum Gasteiger partial charge on any atom is 0.0849 e. The lowest BCUT2D eigenvalue weighted by molar-refractivity contribution is 0.0720. The van der Waals surface area contributed by atoms with Crippen molar-refractivity contribution in [3.05, 3.63) is 47.1 Å². The minimum absolute atomic E-state index is 0.552. The van der Waals surface area contributed by atoms with Crippen LogP contribution in [0, 0.1) is 5.92 Å². The van der Waals surface area contributed by atoms with E-state index in [9.17, 15) is 0 Å². The third-order valence-corrected chi connectivity index (χ3v) is 4.70. The van der Waals surface area contributed by atoms with Crippen LogP contribution in [0.5, 0.6) is 0 Å². The quantitative estimate of drug-likeness (QED) is 0.812. The minimum Gasteiger partial charge on any atom is -0.365 e. The van der Waals surface area contributed by atoms with Crippen LogP contribution < -0.4 is 0 Å². The molecule has 19 heavy (non-hydrogen) atoms. The molecule has 102 valence electrons. The van der Waals surface area contributed by atoms with Gasteiger partial charge in [-0.05, 0) is 49.6 Å². The Morgan fingerprint density at radius 3 is 2.74 bits per heavy atom. The van der Waals surface area contributed by atoms with E-state index in [0.29, 0.717) is 12.2 Å². The molecule has 1 saturated heterocycles. The average molecular weight is 277 g/mol. The highest BCUT2D eigenvalue weighted by atomic mass is 35.5. The SMILES string of the molecule is CC1CC2CC=CN(C)C2N1Cc1ccc(Cl)cc1. The molecule has 3 heteroatoms. The number of benzene rings is 1. The fourth-order valence-corrected chi connectivity index (χ4v) is 3.68. The van der Waals surface area contributed by atoms with E-state index in [-0.39, 0.29) is 0 Å². The molecule has 0 radical (unpaired) electrons. The number of hydrogen-bond acceptors (Lipinski definition) is 2. The lowest BCUT2D eigenvalue weighted by atomic mass is 9.97. The second-order valence-electron chi connectivity index (χ2n) is 5.84. The van der Waals surface area contributed by atoms with Gasteiger partial charge < -0.3 is 4.90 Å². The topological polar surface area (TPSA) is 6.48 Å². The molecule has 1 aromatic rings. The van der Waals surface area contributed by atoms with Crippen molar-refractivity contribution in [2.75, 3.05) is 7.05 Å². The van der Waals surface area contributed by atoms with Gasteiger partial charge in [0.25, 0.3) is 0 Å². The Kier molecular flexibility index (Phi) is 3.55. The molecule has 2 aliphatic rings. The molecule has 3 unspecified atom stereocenters. The lowest BCUT2D eigenvalue weighted by Gasteiger charge is -2.38. The van der Waals surface area contributed by atoms with Gasteiger partial charge in [0.05, 0.1) is 6.17 Å². The van der Waals surface area contributed by atoms with Crippen LogP contribution >= 0.6 is 11.6 Å². The highest BCUT2D eigenvalue weighted by Crippen LogP contribution is 2.37. The summed E-state index contributed by atoms with van der Waals surface area (Å²) in [5.74, 6) is 0.775.